The van der Waals surface area contributed by atoms with Crippen LogP contribution >= 0.6 is 0 Å². The maximum absolute atomic E-state index is 12.0. The summed E-state index contributed by atoms with van der Waals surface area (Å²) in [6, 6.07) is 5.18. The number of benzene rings is 1. The van der Waals surface area contributed by atoms with Crippen LogP contribution in [-0.4, -0.2) is 31.2 Å². The average Bonchev–Trinajstić information content (AvgIpc) is 3.27. The third-order valence-corrected chi connectivity index (χ3v) is 3.71. The number of carbonyl (C=O) groups excluding carboxylic acids is 1. The lowest BCUT2D eigenvalue weighted by Gasteiger charge is -2.16. The van der Waals surface area contributed by atoms with Crippen LogP contribution in [0.2, 0.25) is 0 Å². The zero-order chi connectivity index (χ0) is 15.6. The van der Waals surface area contributed by atoms with Crippen molar-refractivity contribution in [2.75, 3.05) is 14.2 Å². The standard InChI is InChI=1S/C15H19NO5/c1-8(16-14(17)10-7-11(10)15(18)19)9-4-5-12(20-2)13(6-9)21-3/h4-6,8,10-11H,7H2,1-3H3,(H,16,17)(H,18,19). The lowest BCUT2D eigenvalue weighted by Crippen LogP contribution is -2.29. The van der Waals surface area contributed by atoms with E-state index < -0.39 is 17.8 Å². The molecule has 0 heterocycles. The van der Waals surface area contributed by atoms with Gasteiger partial charge in [0, 0.05) is 0 Å². The maximum Gasteiger partial charge on any atom is 0.307 e. The first kappa shape index (κ1) is 15.2. The van der Waals surface area contributed by atoms with Crippen molar-refractivity contribution < 1.29 is 24.2 Å². The lowest BCUT2D eigenvalue weighted by molar-refractivity contribution is -0.140. The summed E-state index contributed by atoms with van der Waals surface area (Å²) in [5.41, 5.74) is 0.869. The summed E-state index contributed by atoms with van der Waals surface area (Å²) in [7, 11) is 3.11. The summed E-state index contributed by atoms with van der Waals surface area (Å²) in [5, 5.41) is 11.7. The molecule has 3 atom stereocenters. The smallest absolute Gasteiger partial charge is 0.307 e. The van der Waals surface area contributed by atoms with Crippen molar-refractivity contribution in [3.8, 4) is 11.5 Å². The molecule has 21 heavy (non-hydrogen) atoms. The van der Waals surface area contributed by atoms with Crippen LogP contribution in [0.5, 0.6) is 11.5 Å². The molecule has 0 aliphatic heterocycles. The Kier molecular flexibility index (Phi) is 4.35. The van der Waals surface area contributed by atoms with Gasteiger partial charge in [-0.3, -0.25) is 9.59 Å². The number of carboxylic acid groups (broad SMARTS) is 1. The summed E-state index contributed by atoms with van der Waals surface area (Å²) in [6.07, 6.45) is 0.416. The van der Waals surface area contributed by atoms with Crippen LogP contribution < -0.4 is 14.8 Å². The number of amides is 1. The molecule has 0 radical (unpaired) electrons. The van der Waals surface area contributed by atoms with Gasteiger partial charge in [-0.15, -0.1) is 0 Å². The van der Waals surface area contributed by atoms with Crippen LogP contribution in [0, 0.1) is 11.8 Å². The monoisotopic (exact) mass is 293 g/mol. The normalized spacial score (nSPS) is 21.3. The van der Waals surface area contributed by atoms with Gasteiger partial charge >= 0.3 is 5.97 Å². The van der Waals surface area contributed by atoms with Crippen LogP contribution in [0.4, 0.5) is 0 Å². The molecule has 114 valence electrons. The zero-order valence-corrected chi connectivity index (χ0v) is 12.3. The summed E-state index contributed by atoms with van der Waals surface area (Å²) in [5.74, 6) is -0.870. The number of rotatable bonds is 6. The Labute approximate surface area is 123 Å². The Morgan fingerprint density at radius 2 is 1.90 bits per heavy atom. The first-order valence-corrected chi connectivity index (χ1v) is 6.73. The molecular formula is C15H19NO5. The molecule has 1 aromatic rings. The zero-order valence-electron chi connectivity index (χ0n) is 12.3. The highest BCUT2D eigenvalue weighted by molar-refractivity contribution is 5.89. The van der Waals surface area contributed by atoms with Gasteiger partial charge in [0.05, 0.1) is 32.1 Å². The maximum atomic E-state index is 12.0. The Balaban J connectivity index is 2.02. The number of ether oxygens (including phenoxy) is 2. The molecule has 0 aromatic heterocycles. The highest BCUT2D eigenvalue weighted by atomic mass is 16.5. The number of hydrogen-bond acceptors (Lipinski definition) is 4. The van der Waals surface area contributed by atoms with E-state index in [1.165, 1.54) is 0 Å². The van der Waals surface area contributed by atoms with E-state index in [9.17, 15) is 9.59 Å². The molecule has 0 bridgehead atoms. The average molecular weight is 293 g/mol. The molecule has 6 nitrogen and oxygen atoms in total. The topological polar surface area (TPSA) is 84.9 Å². The Hall–Kier alpha value is -2.24. The fraction of sp³-hybridized carbons (Fsp3) is 0.467. The quantitative estimate of drug-likeness (QED) is 0.832. The van der Waals surface area contributed by atoms with Crippen molar-refractivity contribution in [1.82, 2.24) is 5.32 Å². The second kappa shape index (κ2) is 6.03. The molecular weight excluding hydrogens is 274 g/mol. The van der Waals surface area contributed by atoms with Gasteiger partial charge in [-0.25, -0.2) is 0 Å². The molecule has 1 fully saturated rings. The Morgan fingerprint density at radius 1 is 1.24 bits per heavy atom. The van der Waals surface area contributed by atoms with E-state index in [1.54, 1.807) is 26.4 Å². The second-order valence-corrected chi connectivity index (χ2v) is 5.13. The van der Waals surface area contributed by atoms with Gasteiger partial charge in [-0.2, -0.15) is 0 Å². The molecule has 1 amide bonds. The first-order valence-electron chi connectivity index (χ1n) is 6.73. The number of methoxy groups -OCH3 is 2. The van der Waals surface area contributed by atoms with Crippen molar-refractivity contribution in [3.63, 3.8) is 0 Å². The third-order valence-electron chi connectivity index (χ3n) is 3.71. The van der Waals surface area contributed by atoms with E-state index in [-0.39, 0.29) is 11.9 Å². The number of carbonyl (C=O) groups is 2. The van der Waals surface area contributed by atoms with Gasteiger partial charge in [0.25, 0.3) is 0 Å². The predicted octanol–water partition coefficient (Wildman–Crippen LogP) is 1.60. The van der Waals surface area contributed by atoms with E-state index in [2.05, 4.69) is 5.32 Å². The second-order valence-electron chi connectivity index (χ2n) is 5.13. The van der Waals surface area contributed by atoms with Crippen molar-refractivity contribution in [2.45, 2.75) is 19.4 Å². The highest BCUT2D eigenvalue weighted by Gasteiger charge is 2.48. The summed E-state index contributed by atoms with van der Waals surface area (Å²) < 4.78 is 10.4. The minimum Gasteiger partial charge on any atom is -0.493 e. The van der Waals surface area contributed by atoms with E-state index >= 15 is 0 Å². The summed E-state index contributed by atoms with van der Waals surface area (Å²) >= 11 is 0. The largest absolute Gasteiger partial charge is 0.493 e. The number of hydrogen-bond donors (Lipinski definition) is 2. The van der Waals surface area contributed by atoms with Gasteiger partial charge in [0.1, 0.15) is 0 Å². The van der Waals surface area contributed by atoms with E-state index in [0.717, 1.165) is 5.56 Å². The molecule has 1 aliphatic carbocycles. The van der Waals surface area contributed by atoms with E-state index in [1.807, 2.05) is 13.0 Å². The lowest BCUT2D eigenvalue weighted by atomic mass is 10.1. The first-order chi connectivity index (χ1) is 9.97. The van der Waals surface area contributed by atoms with E-state index in [0.29, 0.717) is 17.9 Å². The number of carboxylic acids is 1. The minimum absolute atomic E-state index is 0.218. The Bertz CT molecular complexity index is 557. The Morgan fingerprint density at radius 3 is 2.43 bits per heavy atom. The van der Waals surface area contributed by atoms with Crippen molar-refractivity contribution in [2.24, 2.45) is 11.8 Å². The van der Waals surface area contributed by atoms with Gasteiger partial charge < -0.3 is 19.9 Å². The van der Waals surface area contributed by atoms with Crippen molar-refractivity contribution in [1.29, 1.82) is 0 Å². The SMILES string of the molecule is COc1ccc(C(C)NC(=O)C2CC2C(=O)O)cc1OC. The molecule has 0 spiro atoms. The molecule has 2 rings (SSSR count). The number of nitrogens with one attached hydrogen (secondary N) is 1. The van der Waals surface area contributed by atoms with Gasteiger partial charge in [0.15, 0.2) is 11.5 Å². The fourth-order valence-corrected chi connectivity index (χ4v) is 2.28. The summed E-state index contributed by atoms with van der Waals surface area (Å²) in [4.78, 5) is 22.7. The molecule has 6 heteroatoms. The minimum atomic E-state index is -0.908. The molecule has 1 aliphatic rings. The van der Waals surface area contributed by atoms with Crippen molar-refractivity contribution >= 4 is 11.9 Å². The van der Waals surface area contributed by atoms with Crippen LogP contribution in [0.15, 0.2) is 18.2 Å². The summed E-state index contributed by atoms with van der Waals surface area (Å²) in [6.45, 7) is 1.84. The van der Waals surface area contributed by atoms with Gasteiger partial charge in [-0.05, 0) is 31.0 Å². The fourth-order valence-electron chi connectivity index (χ4n) is 2.28. The highest BCUT2D eigenvalue weighted by Crippen LogP contribution is 2.39. The molecule has 3 unspecified atom stereocenters. The van der Waals surface area contributed by atoms with E-state index in [4.69, 9.17) is 14.6 Å². The molecule has 1 aromatic carbocycles. The van der Waals surface area contributed by atoms with Crippen LogP contribution in [-0.2, 0) is 9.59 Å². The van der Waals surface area contributed by atoms with Crippen LogP contribution in [0.25, 0.3) is 0 Å². The van der Waals surface area contributed by atoms with Crippen LogP contribution in [0.3, 0.4) is 0 Å². The van der Waals surface area contributed by atoms with Crippen molar-refractivity contribution in [3.05, 3.63) is 23.8 Å². The third kappa shape index (κ3) is 3.26. The predicted molar refractivity (Wildman–Crippen MR) is 75.3 cm³/mol. The van der Waals surface area contributed by atoms with Gasteiger partial charge in [-0.1, -0.05) is 6.07 Å². The van der Waals surface area contributed by atoms with Gasteiger partial charge in [0.2, 0.25) is 5.91 Å². The van der Waals surface area contributed by atoms with Crippen LogP contribution in [0.1, 0.15) is 24.9 Å². The molecule has 1 saturated carbocycles. The molecule has 2 N–H and O–H groups in total. The molecule has 0 saturated heterocycles. The number of aliphatic carboxylic acids is 1.